The fourth-order valence-corrected chi connectivity index (χ4v) is 2.32. The van der Waals surface area contributed by atoms with Crippen LogP contribution in [-0.2, 0) is 17.1 Å². The Morgan fingerprint density at radius 2 is 1.25 bits per heavy atom. The van der Waals surface area contributed by atoms with E-state index in [0.717, 1.165) is 16.8 Å². The molecule has 0 amide bonds. The molecule has 1 atom stereocenters. The van der Waals surface area contributed by atoms with Crippen molar-refractivity contribution in [1.82, 2.24) is 0 Å². The van der Waals surface area contributed by atoms with Crippen molar-refractivity contribution in [3.8, 4) is 0 Å². The van der Waals surface area contributed by atoms with Gasteiger partial charge in [0.05, 0.1) is 5.69 Å². The van der Waals surface area contributed by atoms with E-state index in [2.05, 4.69) is 10.5 Å². The summed E-state index contributed by atoms with van der Waals surface area (Å²) in [5.74, 6) is 0. The van der Waals surface area contributed by atoms with Gasteiger partial charge in [-0.15, -0.1) is 0 Å². The molecule has 121 valence electrons. The molecule has 3 nitrogen and oxygen atoms in total. The Hall–Kier alpha value is -2.39. The molecule has 0 saturated carbocycles. The van der Waals surface area contributed by atoms with Gasteiger partial charge in [0.15, 0.2) is 0 Å². The van der Waals surface area contributed by atoms with Crippen molar-refractivity contribution in [1.29, 1.82) is 0 Å². The molecule has 0 aliphatic rings. The largest absolute Gasteiger partial charge is 0.382 e. The third-order valence-corrected chi connectivity index (χ3v) is 3.52. The molecule has 24 heavy (non-hydrogen) atoms. The predicted octanol–water partition coefficient (Wildman–Crippen LogP) is 4.23. The second-order valence-electron chi connectivity index (χ2n) is 5.15. The first-order valence-corrected chi connectivity index (χ1v) is 7.51. The van der Waals surface area contributed by atoms with E-state index < -0.39 is 6.10 Å². The van der Waals surface area contributed by atoms with Gasteiger partial charge in [0, 0.05) is 22.6 Å². The quantitative estimate of drug-likeness (QED) is 0.408. The predicted molar refractivity (Wildman–Crippen MR) is 94.4 cm³/mol. The van der Waals surface area contributed by atoms with Gasteiger partial charge in [-0.25, -0.2) is 0 Å². The van der Waals surface area contributed by atoms with Crippen LogP contribution in [0.5, 0.6) is 0 Å². The SMILES string of the molecule is OC(C(=NNc1ccccc1)c1ccccc1)c1ccccc1.[Mn]. The van der Waals surface area contributed by atoms with Crippen molar-refractivity contribution in [2.45, 2.75) is 6.10 Å². The van der Waals surface area contributed by atoms with Gasteiger partial charge in [-0.2, -0.15) is 5.10 Å². The van der Waals surface area contributed by atoms with Crippen molar-refractivity contribution < 1.29 is 22.2 Å². The van der Waals surface area contributed by atoms with Crippen LogP contribution in [0, 0.1) is 0 Å². The molecule has 3 rings (SSSR count). The molecular weight excluding hydrogens is 339 g/mol. The standard InChI is InChI=1S/C20H18N2O.Mn/c23-20(17-12-6-2-7-13-17)19(16-10-4-1-5-11-16)22-21-18-14-8-3-9-15-18;/h1-15,20-21,23H;. The third kappa shape index (κ3) is 4.56. The van der Waals surface area contributed by atoms with Crippen LogP contribution in [-0.4, -0.2) is 10.8 Å². The minimum Gasteiger partial charge on any atom is -0.382 e. The molecule has 1 unspecified atom stereocenters. The Morgan fingerprint density at radius 3 is 1.83 bits per heavy atom. The van der Waals surface area contributed by atoms with Crippen LogP contribution >= 0.6 is 0 Å². The Morgan fingerprint density at radius 1 is 0.750 bits per heavy atom. The van der Waals surface area contributed by atoms with Gasteiger partial charge < -0.3 is 5.11 Å². The Bertz CT molecular complexity index is 761. The number of anilines is 1. The van der Waals surface area contributed by atoms with E-state index in [9.17, 15) is 5.11 Å². The van der Waals surface area contributed by atoms with Crippen LogP contribution in [0.4, 0.5) is 5.69 Å². The topological polar surface area (TPSA) is 44.6 Å². The number of nitrogens with one attached hydrogen (secondary N) is 1. The summed E-state index contributed by atoms with van der Waals surface area (Å²) in [6.45, 7) is 0. The number of para-hydroxylation sites is 1. The Balaban J connectivity index is 0.00000208. The van der Waals surface area contributed by atoms with E-state index in [4.69, 9.17) is 0 Å². The van der Waals surface area contributed by atoms with Gasteiger partial charge >= 0.3 is 0 Å². The molecule has 0 spiro atoms. The fraction of sp³-hybridized carbons (Fsp3) is 0.0500. The van der Waals surface area contributed by atoms with E-state index in [1.54, 1.807) is 0 Å². The molecule has 0 bridgehead atoms. The number of hydrazone groups is 1. The second kappa shape index (κ2) is 9.04. The van der Waals surface area contributed by atoms with Crippen LogP contribution in [0.2, 0.25) is 0 Å². The molecule has 0 heterocycles. The smallest absolute Gasteiger partial charge is 0.123 e. The maximum Gasteiger partial charge on any atom is 0.123 e. The van der Waals surface area contributed by atoms with Gasteiger partial charge in [0.25, 0.3) is 0 Å². The van der Waals surface area contributed by atoms with Crippen LogP contribution < -0.4 is 5.43 Å². The summed E-state index contributed by atoms with van der Waals surface area (Å²) in [5, 5.41) is 15.2. The maximum atomic E-state index is 10.7. The molecule has 1 radical (unpaired) electrons. The van der Waals surface area contributed by atoms with E-state index in [1.165, 1.54) is 0 Å². The summed E-state index contributed by atoms with van der Waals surface area (Å²) in [4.78, 5) is 0. The second-order valence-corrected chi connectivity index (χ2v) is 5.15. The molecule has 2 N–H and O–H groups in total. The van der Waals surface area contributed by atoms with Crippen LogP contribution in [0.25, 0.3) is 0 Å². The maximum absolute atomic E-state index is 10.7. The van der Waals surface area contributed by atoms with Gasteiger partial charge in [-0.05, 0) is 17.7 Å². The van der Waals surface area contributed by atoms with Crippen LogP contribution in [0.3, 0.4) is 0 Å². The first kappa shape index (κ1) is 18.0. The molecule has 3 aromatic rings. The third-order valence-electron chi connectivity index (χ3n) is 3.52. The summed E-state index contributed by atoms with van der Waals surface area (Å²) in [5.41, 5.74) is 6.17. The van der Waals surface area contributed by atoms with E-state index in [-0.39, 0.29) is 17.1 Å². The molecule has 3 aromatic carbocycles. The molecular formula is C20H18MnN2O. The zero-order valence-corrected chi connectivity index (χ0v) is 14.2. The minimum absolute atomic E-state index is 0. The molecule has 4 heteroatoms. The average Bonchev–Trinajstić information content (AvgIpc) is 2.64. The van der Waals surface area contributed by atoms with Crippen LogP contribution in [0.1, 0.15) is 17.2 Å². The number of aliphatic hydroxyl groups excluding tert-OH is 1. The number of nitrogens with zero attached hydrogens (tertiary/aromatic N) is 1. The van der Waals surface area contributed by atoms with Crippen molar-refractivity contribution in [2.24, 2.45) is 5.10 Å². The van der Waals surface area contributed by atoms with E-state index in [0.29, 0.717) is 5.71 Å². The van der Waals surface area contributed by atoms with Crippen molar-refractivity contribution in [2.75, 3.05) is 5.43 Å². The Labute approximate surface area is 152 Å². The van der Waals surface area contributed by atoms with E-state index in [1.807, 2.05) is 91.0 Å². The number of hydrogen-bond acceptors (Lipinski definition) is 3. The van der Waals surface area contributed by atoms with Crippen molar-refractivity contribution >= 4 is 11.4 Å². The van der Waals surface area contributed by atoms with Crippen molar-refractivity contribution in [3.63, 3.8) is 0 Å². The normalized spacial score (nSPS) is 12.1. The number of rotatable bonds is 5. The number of aliphatic hydroxyl groups is 1. The van der Waals surface area contributed by atoms with Crippen LogP contribution in [0.15, 0.2) is 96.1 Å². The molecule has 0 aliphatic heterocycles. The summed E-state index contributed by atoms with van der Waals surface area (Å²) in [6.07, 6.45) is -0.796. The van der Waals surface area contributed by atoms with Crippen molar-refractivity contribution in [3.05, 3.63) is 102 Å². The summed E-state index contributed by atoms with van der Waals surface area (Å²) >= 11 is 0. The zero-order chi connectivity index (χ0) is 15.9. The monoisotopic (exact) mass is 357 g/mol. The first-order valence-electron chi connectivity index (χ1n) is 7.51. The number of benzene rings is 3. The molecule has 0 aromatic heterocycles. The molecule has 0 fully saturated rings. The minimum atomic E-state index is -0.796. The van der Waals surface area contributed by atoms with Gasteiger partial charge in [0.1, 0.15) is 11.8 Å². The number of hydrogen-bond donors (Lipinski definition) is 2. The fourth-order valence-electron chi connectivity index (χ4n) is 2.32. The molecule has 0 saturated heterocycles. The van der Waals surface area contributed by atoms with Gasteiger partial charge in [-0.1, -0.05) is 78.9 Å². The summed E-state index contributed by atoms with van der Waals surface area (Å²) < 4.78 is 0. The van der Waals surface area contributed by atoms with Gasteiger partial charge in [0.2, 0.25) is 0 Å². The Kier molecular flexibility index (Phi) is 6.76. The summed E-state index contributed by atoms with van der Waals surface area (Å²) in [7, 11) is 0. The molecule has 0 aliphatic carbocycles. The average molecular weight is 357 g/mol. The van der Waals surface area contributed by atoms with Gasteiger partial charge in [-0.3, -0.25) is 5.43 Å². The summed E-state index contributed by atoms with van der Waals surface area (Å²) in [6, 6.07) is 28.9. The van der Waals surface area contributed by atoms with E-state index >= 15 is 0 Å². The first-order chi connectivity index (χ1) is 11.3. The zero-order valence-electron chi connectivity index (χ0n) is 13.0.